The molecule has 2 heterocycles. The number of benzene rings is 1. The Kier molecular flexibility index (Phi) is 3.74. The number of carbonyl (C=O) groups excluding carboxylic acids is 1. The summed E-state index contributed by atoms with van der Waals surface area (Å²) in [6.45, 7) is 2.99. The van der Waals surface area contributed by atoms with E-state index in [1.54, 1.807) is 0 Å². The van der Waals surface area contributed by atoms with Crippen LogP contribution < -0.4 is 5.32 Å². The molecule has 4 heteroatoms. The molecule has 0 radical (unpaired) electrons. The van der Waals surface area contributed by atoms with Crippen LogP contribution in [-0.2, 0) is 0 Å². The fourth-order valence-corrected chi connectivity index (χ4v) is 2.99. The lowest BCUT2D eigenvalue weighted by atomic mass is 9.97. The van der Waals surface area contributed by atoms with Crippen molar-refractivity contribution in [2.75, 3.05) is 26.7 Å². The van der Waals surface area contributed by atoms with Crippen LogP contribution in [0, 0.1) is 5.92 Å². The van der Waals surface area contributed by atoms with Crippen LogP contribution in [0.25, 0.3) is 10.9 Å². The molecule has 1 aromatic carbocycles. The molecule has 0 spiro atoms. The van der Waals surface area contributed by atoms with E-state index in [9.17, 15) is 4.79 Å². The number of amides is 1. The van der Waals surface area contributed by atoms with Gasteiger partial charge in [0.15, 0.2) is 0 Å². The zero-order valence-electron chi connectivity index (χ0n) is 11.9. The predicted octanol–water partition coefficient (Wildman–Crippen LogP) is 2.24. The van der Waals surface area contributed by atoms with Crippen molar-refractivity contribution in [3.63, 3.8) is 0 Å². The molecular formula is C16H21N3O. The molecule has 0 aliphatic carbocycles. The number of nitrogens with zero attached hydrogens (tertiary/aromatic N) is 1. The molecule has 106 valence electrons. The van der Waals surface area contributed by atoms with E-state index in [2.05, 4.69) is 10.3 Å². The number of nitrogens with one attached hydrogen (secondary N) is 2. The third kappa shape index (κ3) is 2.56. The summed E-state index contributed by atoms with van der Waals surface area (Å²) in [5.74, 6) is 0.733. The van der Waals surface area contributed by atoms with Gasteiger partial charge in [-0.1, -0.05) is 18.2 Å². The van der Waals surface area contributed by atoms with E-state index >= 15 is 0 Å². The molecule has 20 heavy (non-hydrogen) atoms. The number of hydrogen-bond acceptors (Lipinski definition) is 2. The van der Waals surface area contributed by atoms with Crippen LogP contribution >= 0.6 is 0 Å². The van der Waals surface area contributed by atoms with Gasteiger partial charge in [0.05, 0.1) is 5.56 Å². The summed E-state index contributed by atoms with van der Waals surface area (Å²) in [7, 11) is 1.91. The Hall–Kier alpha value is -1.81. The maximum atomic E-state index is 12.6. The van der Waals surface area contributed by atoms with Crippen LogP contribution in [0.5, 0.6) is 0 Å². The van der Waals surface area contributed by atoms with Crippen molar-refractivity contribution in [1.82, 2.24) is 15.2 Å². The van der Waals surface area contributed by atoms with E-state index < -0.39 is 0 Å². The first kappa shape index (κ1) is 13.2. The van der Waals surface area contributed by atoms with Crippen molar-refractivity contribution < 1.29 is 4.79 Å². The zero-order chi connectivity index (χ0) is 13.9. The van der Waals surface area contributed by atoms with Gasteiger partial charge in [0.2, 0.25) is 0 Å². The second kappa shape index (κ2) is 5.67. The van der Waals surface area contributed by atoms with E-state index in [-0.39, 0.29) is 5.91 Å². The molecule has 1 aromatic heterocycles. The molecule has 1 saturated heterocycles. The van der Waals surface area contributed by atoms with Crippen molar-refractivity contribution in [3.05, 3.63) is 36.0 Å². The van der Waals surface area contributed by atoms with Crippen LogP contribution in [0.4, 0.5) is 0 Å². The maximum absolute atomic E-state index is 12.6. The minimum Gasteiger partial charge on any atom is -0.360 e. The van der Waals surface area contributed by atoms with Gasteiger partial charge in [-0.25, -0.2) is 0 Å². The normalized spacial score (nSPS) is 16.4. The Morgan fingerprint density at radius 3 is 2.85 bits per heavy atom. The topological polar surface area (TPSA) is 48.1 Å². The minimum absolute atomic E-state index is 0.112. The average Bonchev–Trinajstić information content (AvgIpc) is 2.91. The lowest BCUT2D eigenvalue weighted by Gasteiger charge is -2.27. The highest BCUT2D eigenvalue weighted by molar-refractivity contribution is 6.06. The lowest BCUT2D eigenvalue weighted by molar-refractivity contribution is 0.0765. The summed E-state index contributed by atoms with van der Waals surface area (Å²) >= 11 is 0. The summed E-state index contributed by atoms with van der Waals surface area (Å²) in [6.07, 6.45) is 4.14. The summed E-state index contributed by atoms with van der Waals surface area (Å²) in [5.41, 5.74) is 1.79. The van der Waals surface area contributed by atoms with Gasteiger partial charge in [-0.3, -0.25) is 4.79 Å². The van der Waals surface area contributed by atoms with Gasteiger partial charge in [-0.2, -0.15) is 0 Å². The largest absolute Gasteiger partial charge is 0.360 e. The van der Waals surface area contributed by atoms with Crippen LogP contribution in [0.15, 0.2) is 30.5 Å². The van der Waals surface area contributed by atoms with Gasteiger partial charge >= 0.3 is 0 Å². The molecule has 4 nitrogen and oxygen atoms in total. The van der Waals surface area contributed by atoms with E-state index in [1.807, 2.05) is 42.4 Å². The molecule has 0 atom stereocenters. The van der Waals surface area contributed by atoms with Gasteiger partial charge in [-0.15, -0.1) is 0 Å². The van der Waals surface area contributed by atoms with Crippen LogP contribution in [0.3, 0.4) is 0 Å². The van der Waals surface area contributed by atoms with E-state index in [0.29, 0.717) is 5.92 Å². The number of hydrogen-bond donors (Lipinski definition) is 2. The number of aromatic nitrogens is 1. The summed E-state index contributed by atoms with van der Waals surface area (Å²) < 4.78 is 0. The third-order valence-corrected chi connectivity index (χ3v) is 4.16. The van der Waals surface area contributed by atoms with Gasteiger partial charge in [0, 0.05) is 30.7 Å². The average molecular weight is 271 g/mol. The Balaban J connectivity index is 1.74. The molecule has 3 rings (SSSR count). The first-order valence-electron chi connectivity index (χ1n) is 7.28. The molecular weight excluding hydrogens is 250 g/mol. The fourth-order valence-electron chi connectivity index (χ4n) is 2.99. The number of piperidine rings is 1. The van der Waals surface area contributed by atoms with Crippen LogP contribution in [0.2, 0.25) is 0 Å². The molecule has 0 unspecified atom stereocenters. The van der Waals surface area contributed by atoms with Gasteiger partial charge in [0.1, 0.15) is 0 Å². The van der Waals surface area contributed by atoms with Crippen molar-refractivity contribution >= 4 is 16.8 Å². The van der Waals surface area contributed by atoms with Crippen molar-refractivity contribution in [2.45, 2.75) is 12.8 Å². The van der Waals surface area contributed by atoms with Gasteiger partial charge in [0.25, 0.3) is 5.91 Å². The first-order chi connectivity index (χ1) is 9.75. The van der Waals surface area contributed by atoms with E-state index in [0.717, 1.165) is 48.9 Å². The monoisotopic (exact) mass is 271 g/mol. The number of aromatic amines is 1. The van der Waals surface area contributed by atoms with Gasteiger partial charge < -0.3 is 15.2 Å². The zero-order valence-corrected chi connectivity index (χ0v) is 11.9. The van der Waals surface area contributed by atoms with Crippen molar-refractivity contribution in [1.29, 1.82) is 0 Å². The third-order valence-electron chi connectivity index (χ3n) is 4.16. The molecule has 1 amide bonds. The number of rotatable bonds is 3. The number of carbonyl (C=O) groups is 1. The number of H-pyrrole nitrogens is 1. The van der Waals surface area contributed by atoms with Crippen molar-refractivity contribution in [3.8, 4) is 0 Å². The molecule has 0 saturated carbocycles. The second-order valence-electron chi connectivity index (χ2n) is 5.63. The standard InChI is InChI=1S/C16H21N3O/c1-19(11-12-6-8-17-9-7-12)16(20)14-10-18-15-5-3-2-4-13(14)15/h2-5,10,12,17-18H,6-9,11H2,1H3. The van der Waals surface area contributed by atoms with Crippen molar-refractivity contribution in [2.24, 2.45) is 5.92 Å². The second-order valence-corrected chi connectivity index (χ2v) is 5.63. The quantitative estimate of drug-likeness (QED) is 0.899. The van der Waals surface area contributed by atoms with E-state index in [1.165, 1.54) is 0 Å². The van der Waals surface area contributed by atoms with E-state index in [4.69, 9.17) is 0 Å². The Morgan fingerprint density at radius 2 is 2.05 bits per heavy atom. The fraction of sp³-hybridized carbons (Fsp3) is 0.438. The predicted molar refractivity (Wildman–Crippen MR) is 80.9 cm³/mol. The summed E-state index contributed by atoms with van der Waals surface area (Å²) in [6, 6.07) is 7.95. The molecule has 2 aromatic rings. The van der Waals surface area contributed by atoms with Crippen LogP contribution in [-0.4, -0.2) is 42.5 Å². The SMILES string of the molecule is CN(CC1CCNCC1)C(=O)c1c[nH]c2ccccc12. The Labute approximate surface area is 119 Å². The number of fused-ring (bicyclic) bond motifs is 1. The maximum Gasteiger partial charge on any atom is 0.255 e. The summed E-state index contributed by atoms with van der Waals surface area (Å²) in [4.78, 5) is 17.6. The molecule has 1 fully saturated rings. The Bertz CT molecular complexity index is 599. The van der Waals surface area contributed by atoms with Gasteiger partial charge in [-0.05, 0) is 37.9 Å². The molecule has 2 N–H and O–H groups in total. The molecule has 1 aliphatic heterocycles. The highest BCUT2D eigenvalue weighted by Gasteiger charge is 2.20. The molecule has 0 bridgehead atoms. The lowest BCUT2D eigenvalue weighted by Crippen LogP contribution is -2.37. The number of para-hydroxylation sites is 1. The highest BCUT2D eigenvalue weighted by Crippen LogP contribution is 2.20. The molecule has 1 aliphatic rings. The Morgan fingerprint density at radius 1 is 1.30 bits per heavy atom. The highest BCUT2D eigenvalue weighted by atomic mass is 16.2. The first-order valence-corrected chi connectivity index (χ1v) is 7.28. The minimum atomic E-state index is 0.112. The summed E-state index contributed by atoms with van der Waals surface area (Å²) in [5, 5.41) is 4.37. The smallest absolute Gasteiger partial charge is 0.255 e. The van der Waals surface area contributed by atoms with Crippen LogP contribution in [0.1, 0.15) is 23.2 Å².